The molecule has 0 aliphatic carbocycles. The van der Waals surface area contributed by atoms with Gasteiger partial charge in [-0.3, -0.25) is 4.79 Å². The van der Waals surface area contributed by atoms with Gasteiger partial charge in [0.15, 0.2) is 0 Å². The summed E-state index contributed by atoms with van der Waals surface area (Å²) in [5.74, 6) is -0.469. The number of amides is 1. The molecule has 140 valence electrons. The fourth-order valence-corrected chi connectivity index (χ4v) is 3.02. The van der Waals surface area contributed by atoms with Gasteiger partial charge in [-0.25, -0.2) is 4.39 Å². The van der Waals surface area contributed by atoms with E-state index in [2.05, 4.69) is 5.32 Å². The Hall–Kier alpha value is -2.87. The van der Waals surface area contributed by atoms with Crippen molar-refractivity contribution in [2.45, 2.75) is 12.8 Å². The Bertz CT molecular complexity index is 935. The molecule has 3 rings (SSSR count). The molecule has 3 nitrogen and oxygen atoms in total. The van der Waals surface area contributed by atoms with Crippen LogP contribution in [0, 0.1) is 5.82 Å². The van der Waals surface area contributed by atoms with E-state index in [1.807, 2.05) is 0 Å². The van der Waals surface area contributed by atoms with Gasteiger partial charge in [0.2, 0.25) is 0 Å². The van der Waals surface area contributed by atoms with E-state index in [1.54, 1.807) is 17.5 Å². The molecule has 1 heterocycles. The van der Waals surface area contributed by atoms with Crippen molar-refractivity contribution in [3.63, 3.8) is 0 Å². The number of rotatable bonds is 5. The molecule has 2 aromatic carbocycles. The molecule has 0 saturated carbocycles. The molecule has 1 amide bonds. The molecule has 0 fully saturated rings. The van der Waals surface area contributed by atoms with Crippen LogP contribution in [0.3, 0.4) is 0 Å². The number of carbonyl (C=O) groups excluding carboxylic acids is 1. The maximum atomic E-state index is 13.1. The van der Waals surface area contributed by atoms with E-state index in [-0.39, 0.29) is 12.3 Å². The maximum Gasteiger partial charge on any atom is 0.416 e. The first-order valence-corrected chi connectivity index (χ1v) is 8.63. The summed E-state index contributed by atoms with van der Waals surface area (Å²) in [6.45, 7) is 0.160. The molecule has 0 radical (unpaired) electrons. The molecule has 0 aliphatic rings. The second kappa shape index (κ2) is 7.79. The Kier molecular flexibility index (Phi) is 5.46. The van der Waals surface area contributed by atoms with Crippen molar-refractivity contribution in [3.05, 3.63) is 81.8 Å². The van der Waals surface area contributed by atoms with E-state index in [1.165, 1.54) is 41.7 Å². The van der Waals surface area contributed by atoms with E-state index >= 15 is 0 Å². The lowest BCUT2D eigenvalue weighted by Gasteiger charge is -2.08. The van der Waals surface area contributed by atoms with E-state index in [4.69, 9.17) is 4.74 Å². The van der Waals surface area contributed by atoms with Gasteiger partial charge >= 0.3 is 6.18 Å². The lowest BCUT2D eigenvalue weighted by molar-refractivity contribution is -0.137. The molecule has 0 spiro atoms. The molecule has 0 aliphatic heterocycles. The summed E-state index contributed by atoms with van der Waals surface area (Å²) in [5.41, 5.74) is 0.203. The predicted molar refractivity (Wildman–Crippen MR) is 94.4 cm³/mol. The number of alkyl halides is 3. The summed E-state index contributed by atoms with van der Waals surface area (Å²) >= 11 is 1.18. The molecule has 1 N–H and O–H groups in total. The topological polar surface area (TPSA) is 38.3 Å². The van der Waals surface area contributed by atoms with Crippen LogP contribution < -0.4 is 10.1 Å². The van der Waals surface area contributed by atoms with Crippen molar-refractivity contribution in [2.75, 3.05) is 5.32 Å². The smallest absolute Gasteiger partial charge is 0.416 e. The number of thiophene rings is 1. The Morgan fingerprint density at radius 3 is 2.48 bits per heavy atom. The minimum atomic E-state index is -4.42. The Labute approximate surface area is 156 Å². The predicted octanol–water partition coefficient (Wildman–Crippen LogP) is 5.74. The molecule has 3 aromatic rings. The van der Waals surface area contributed by atoms with E-state index < -0.39 is 23.5 Å². The summed E-state index contributed by atoms with van der Waals surface area (Å²) < 4.78 is 56.2. The highest BCUT2D eigenvalue weighted by Crippen LogP contribution is 2.30. The van der Waals surface area contributed by atoms with Crippen LogP contribution in [0.15, 0.2) is 60.0 Å². The molecule has 1 aromatic heterocycles. The van der Waals surface area contributed by atoms with Crippen LogP contribution in [0.5, 0.6) is 5.75 Å². The van der Waals surface area contributed by atoms with E-state index in [9.17, 15) is 22.4 Å². The van der Waals surface area contributed by atoms with Crippen LogP contribution in [0.25, 0.3) is 0 Å². The molecule has 0 saturated heterocycles. The number of halogens is 4. The Morgan fingerprint density at radius 1 is 1.07 bits per heavy atom. The highest BCUT2D eigenvalue weighted by atomic mass is 32.1. The number of hydrogen-bond acceptors (Lipinski definition) is 3. The second-order valence-corrected chi connectivity index (χ2v) is 6.51. The standard InChI is InChI=1S/C19H13F4NO2S/c20-14-2-1-3-16(9-14)26-10-12-8-17(27-11-12)18(25)24-15-6-4-13(5-7-15)19(21,22)23/h1-9,11H,10H2,(H,24,25). The first-order valence-electron chi connectivity index (χ1n) is 7.75. The average Bonchev–Trinajstić information content (AvgIpc) is 3.09. The van der Waals surface area contributed by atoms with Crippen molar-refractivity contribution >= 4 is 22.9 Å². The van der Waals surface area contributed by atoms with Crippen LogP contribution in [0.1, 0.15) is 20.8 Å². The minimum absolute atomic E-state index is 0.160. The van der Waals surface area contributed by atoms with Crippen LogP contribution in [0.4, 0.5) is 23.2 Å². The fraction of sp³-hybridized carbons (Fsp3) is 0.105. The van der Waals surface area contributed by atoms with Gasteiger partial charge < -0.3 is 10.1 Å². The number of benzene rings is 2. The van der Waals surface area contributed by atoms with E-state index in [0.717, 1.165) is 17.7 Å². The summed E-state index contributed by atoms with van der Waals surface area (Å²) in [6.07, 6.45) is -4.42. The first-order chi connectivity index (χ1) is 12.8. The fourth-order valence-electron chi connectivity index (χ4n) is 2.23. The zero-order valence-electron chi connectivity index (χ0n) is 13.7. The zero-order chi connectivity index (χ0) is 19.4. The average molecular weight is 395 g/mol. The van der Waals surface area contributed by atoms with Crippen molar-refractivity contribution in [2.24, 2.45) is 0 Å². The van der Waals surface area contributed by atoms with Gasteiger partial charge in [-0.2, -0.15) is 13.2 Å². The van der Waals surface area contributed by atoms with Crippen LogP contribution in [-0.2, 0) is 12.8 Å². The zero-order valence-corrected chi connectivity index (χ0v) is 14.5. The summed E-state index contributed by atoms with van der Waals surface area (Å²) in [6, 6.07) is 11.5. The Morgan fingerprint density at radius 2 is 1.81 bits per heavy atom. The van der Waals surface area contributed by atoms with Gasteiger partial charge in [-0.05, 0) is 47.8 Å². The van der Waals surface area contributed by atoms with E-state index in [0.29, 0.717) is 10.6 Å². The third-order valence-electron chi connectivity index (χ3n) is 3.55. The normalized spacial score (nSPS) is 11.3. The first kappa shape index (κ1) is 18.9. The summed E-state index contributed by atoms with van der Waals surface area (Å²) in [4.78, 5) is 12.6. The van der Waals surface area contributed by atoms with Crippen LogP contribution in [0.2, 0.25) is 0 Å². The van der Waals surface area contributed by atoms with Crippen molar-refractivity contribution in [1.82, 2.24) is 0 Å². The van der Waals surface area contributed by atoms with Gasteiger partial charge in [-0.1, -0.05) is 6.07 Å². The number of nitrogens with one attached hydrogen (secondary N) is 1. The highest BCUT2D eigenvalue weighted by Gasteiger charge is 2.30. The lowest BCUT2D eigenvalue weighted by atomic mass is 10.2. The van der Waals surface area contributed by atoms with Crippen molar-refractivity contribution in [1.29, 1.82) is 0 Å². The highest BCUT2D eigenvalue weighted by molar-refractivity contribution is 7.12. The number of carbonyl (C=O) groups is 1. The molecular formula is C19H13F4NO2S. The summed E-state index contributed by atoms with van der Waals surface area (Å²) in [5, 5.41) is 4.27. The van der Waals surface area contributed by atoms with Gasteiger partial charge in [0.1, 0.15) is 18.2 Å². The van der Waals surface area contributed by atoms with Crippen LogP contribution in [-0.4, -0.2) is 5.91 Å². The number of ether oxygens (including phenoxy) is 1. The lowest BCUT2D eigenvalue weighted by Crippen LogP contribution is -2.11. The molecule has 0 unspecified atom stereocenters. The second-order valence-electron chi connectivity index (χ2n) is 5.59. The maximum absolute atomic E-state index is 13.1. The van der Waals surface area contributed by atoms with Crippen molar-refractivity contribution < 1.29 is 27.1 Å². The van der Waals surface area contributed by atoms with Gasteiger partial charge in [0, 0.05) is 17.3 Å². The quantitative estimate of drug-likeness (QED) is 0.560. The largest absolute Gasteiger partial charge is 0.489 e. The monoisotopic (exact) mass is 395 g/mol. The SMILES string of the molecule is O=C(Nc1ccc(C(F)(F)F)cc1)c1cc(COc2cccc(F)c2)cs1. The van der Waals surface area contributed by atoms with Crippen molar-refractivity contribution in [3.8, 4) is 5.75 Å². The number of anilines is 1. The molecule has 0 atom stereocenters. The third kappa shape index (κ3) is 5.07. The Balaban J connectivity index is 1.59. The van der Waals surface area contributed by atoms with Gasteiger partial charge in [-0.15, -0.1) is 11.3 Å². The number of hydrogen-bond donors (Lipinski definition) is 1. The third-order valence-corrected chi connectivity index (χ3v) is 4.53. The molecular weight excluding hydrogens is 382 g/mol. The molecule has 0 bridgehead atoms. The summed E-state index contributed by atoms with van der Waals surface area (Å²) in [7, 11) is 0. The molecule has 8 heteroatoms. The van der Waals surface area contributed by atoms with Gasteiger partial charge in [0.05, 0.1) is 10.4 Å². The molecule has 27 heavy (non-hydrogen) atoms. The van der Waals surface area contributed by atoms with Crippen LogP contribution >= 0.6 is 11.3 Å². The van der Waals surface area contributed by atoms with Gasteiger partial charge in [0.25, 0.3) is 5.91 Å². The minimum Gasteiger partial charge on any atom is -0.489 e.